The summed E-state index contributed by atoms with van der Waals surface area (Å²) < 4.78 is 19.8. The van der Waals surface area contributed by atoms with Crippen molar-refractivity contribution in [2.45, 2.75) is 52.8 Å². The predicted octanol–water partition coefficient (Wildman–Crippen LogP) is 4.23. The quantitative estimate of drug-likeness (QED) is 0.766. The fourth-order valence-corrected chi connectivity index (χ4v) is 2.38. The minimum atomic E-state index is -0.524. The SMILES string of the molecule is CC(C)C(CNC(=O)OC(C)(C)C)NCc1cc(Br)ccc1F. The molecule has 0 saturated heterocycles. The number of ether oxygens (including phenoxy) is 1. The van der Waals surface area contributed by atoms with E-state index in [2.05, 4.69) is 26.6 Å². The first-order valence-corrected chi connectivity index (χ1v) is 8.52. The molecule has 1 unspecified atom stereocenters. The molecule has 0 saturated carbocycles. The summed E-state index contributed by atoms with van der Waals surface area (Å²) in [6.07, 6.45) is -0.446. The molecule has 0 radical (unpaired) electrons. The maximum absolute atomic E-state index is 13.8. The molecular weight excluding hydrogens is 363 g/mol. The first-order chi connectivity index (χ1) is 10.6. The summed E-state index contributed by atoms with van der Waals surface area (Å²) in [6.45, 7) is 10.4. The van der Waals surface area contributed by atoms with E-state index in [0.29, 0.717) is 18.7 Å². The van der Waals surface area contributed by atoms with Crippen LogP contribution >= 0.6 is 15.9 Å². The van der Waals surface area contributed by atoms with Gasteiger partial charge in [0.1, 0.15) is 11.4 Å². The number of rotatable bonds is 6. The van der Waals surface area contributed by atoms with Crippen LogP contribution in [0.1, 0.15) is 40.2 Å². The van der Waals surface area contributed by atoms with Gasteiger partial charge >= 0.3 is 6.09 Å². The third-order valence-electron chi connectivity index (χ3n) is 3.23. The number of benzene rings is 1. The molecule has 0 heterocycles. The van der Waals surface area contributed by atoms with E-state index >= 15 is 0 Å². The molecule has 6 heteroatoms. The Balaban J connectivity index is 2.56. The molecule has 2 N–H and O–H groups in total. The van der Waals surface area contributed by atoms with Gasteiger partial charge in [-0.2, -0.15) is 0 Å². The van der Waals surface area contributed by atoms with Crippen LogP contribution in [0.15, 0.2) is 22.7 Å². The Morgan fingerprint density at radius 1 is 1.35 bits per heavy atom. The van der Waals surface area contributed by atoms with Gasteiger partial charge in [-0.05, 0) is 44.9 Å². The van der Waals surface area contributed by atoms with Gasteiger partial charge in [-0.3, -0.25) is 0 Å². The van der Waals surface area contributed by atoms with Gasteiger partial charge in [0.05, 0.1) is 0 Å². The molecule has 0 aliphatic carbocycles. The summed E-state index contributed by atoms with van der Waals surface area (Å²) >= 11 is 3.34. The third-order valence-corrected chi connectivity index (χ3v) is 3.73. The number of carbonyl (C=O) groups excluding carboxylic acids is 1. The van der Waals surface area contributed by atoms with E-state index in [9.17, 15) is 9.18 Å². The highest BCUT2D eigenvalue weighted by molar-refractivity contribution is 9.10. The normalized spacial score (nSPS) is 13.0. The highest BCUT2D eigenvalue weighted by Gasteiger charge is 2.19. The predicted molar refractivity (Wildman–Crippen MR) is 93.8 cm³/mol. The van der Waals surface area contributed by atoms with Gasteiger partial charge in [0.15, 0.2) is 0 Å². The Kier molecular flexibility index (Phi) is 7.48. The van der Waals surface area contributed by atoms with Crippen molar-refractivity contribution in [2.24, 2.45) is 5.92 Å². The molecule has 0 spiro atoms. The number of halogens is 2. The van der Waals surface area contributed by atoms with Crippen LogP contribution in [0, 0.1) is 11.7 Å². The zero-order valence-electron chi connectivity index (χ0n) is 14.4. The van der Waals surface area contributed by atoms with Crippen LogP contribution in [0.3, 0.4) is 0 Å². The largest absolute Gasteiger partial charge is 0.444 e. The molecule has 1 aromatic carbocycles. The van der Waals surface area contributed by atoms with Gasteiger partial charge in [-0.25, -0.2) is 9.18 Å². The van der Waals surface area contributed by atoms with Crippen LogP contribution in [-0.4, -0.2) is 24.3 Å². The average molecular weight is 389 g/mol. The second-order valence-corrected chi connectivity index (χ2v) is 7.77. The summed E-state index contributed by atoms with van der Waals surface area (Å²) in [5.41, 5.74) is 0.0619. The van der Waals surface area contributed by atoms with Crippen molar-refractivity contribution in [3.63, 3.8) is 0 Å². The Morgan fingerprint density at radius 3 is 2.57 bits per heavy atom. The van der Waals surface area contributed by atoms with Crippen molar-refractivity contribution in [1.82, 2.24) is 10.6 Å². The minimum absolute atomic E-state index is 0.0147. The average Bonchev–Trinajstić information content (AvgIpc) is 2.40. The van der Waals surface area contributed by atoms with Crippen LogP contribution in [0.25, 0.3) is 0 Å². The molecule has 0 fully saturated rings. The Hall–Kier alpha value is -1.14. The van der Waals surface area contributed by atoms with Crippen molar-refractivity contribution in [3.8, 4) is 0 Å². The van der Waals surface area contributed by atoms with Crippen molar-refractivity contribution in [1.29, 1.82) is 0 Å². The number of nitrogens with one attached hydrogen (secondary N) is 2. The van der Waals surface area contributed by atoms with E-state index in [1.165, 1.54) is 6.07 Å². The van der Waals surface area contributed by atoms with Gasteiger partial charge in [-0.1, -0.05) is 29.8 Å². The Labute approximate surface area is 146 Å². The molecule has 1 atom stereocenters. The minimum Gasteiger partial charge on any atom is -0.444 e. The Morgan fingerprint density at radius 2 is 2.00 bits per heavy atom. The zero-order valence-corrected chi connectivity index (χ0v) is 16.0. The molecule has 0 aliphatic rings. The fraction of sp³-hybridized carbons (Fsp3) is 0.588. The maximum Gasteiger partial charge on any atom is 0.407 e. The number of hydrogen-bond donors (Lipinski definition) is 2. The molecule has 1 amide bonds. The number of hydrogen-bond acceptors (Lipinski definition) is 3. The highest BCUT2D eigenvalue weighted by atomic mass is 79.9. The molecule has 1 rings (SSSR count). The standard InChI is InChI=1S/C17H26BrFN2O2/c1-11(2)15(10-21-16(22)23-17(3,4)5)20-9-12-8-13(18)6-7-14(12)19/h6-8,11,15,20H,9-10H2,1-5H3,(H,21,22). The van der Waals surface area contributed by atoms with E-state index in [0.717, 1.165) is 4.47 Å². The number of carbonyl (C=O) groups is 1. The van der Waals surface area contributed by atoms with E-state index in [1.807, 2.05) is 34.6 Å². The fourth-order valence-electron chi connectivity index (χ4n) is 1.97. The molecule has 0 aromatic heterocycles. The van der Waals surface area contributed by atoms with Crippen LogP contribution < -0.4 is 10.6 Å². The van der Waals surface area contributed by atoms with Gasteiger partial charge in [0.25, 0.3) is 0 Å². The van der Waals surface area contributed by atoms with Gasteiger partial charge in [0.2, 0.25) is 0 Å². The molecule has 130 valence electrons. The third kappa shape index (κ3) is 7.79. The summed E-state index contributed by atoms with van der Waals surface area (Å²) in [5, 5.41) is 6.05. The van der Waals surface area contributed by atoms with Crippen molar-refractivity contribution in [2.75, 3.05) is 6.54 Å². The lowest BCUT2D eigenvalue weighted by molar-refractivity contribution is 0.0519. The van der Waals surface area contributed by atoms with Crippen LogP contribution in [0.2, 0.25) is 0 Å². The lowest BCUT2D eigenvalue weighted by atomic mass is 10.0. The molecular formula is C17H26BrFN2O2. The first kappa shape index (κ1) is 19.9. The van der Waals surface area contributed by atoms with Crippen LogP contribution in [0.4, 0.5) is 9.18 Å². The topological polar surface area (TPSA) is 50.4 Å². The van der Waals surface area contributed by atoms with Crippen LogP contribution in [-0.2, 0) is 11.3 Å². The Bertz CT molecular complexity index is 530. The van der Waals surface area contributed by atoms with Crippen molar-refractivity contribution in [3.05, 3.63) is 34.1 Å². The van der Waals surface area contributed by atoms with E-state index < -0.39 is 11.7 Å². The van der Waals surface area contributed by atoms with E-state index in [1.54, 1.807) is 12.1 Å². The summed E-state index contributed by atoms with van der Waals surface area (Å²) in [5.74, 6) is 0.0310. The molecule has 0 bridgehead atoms. The second-order valence-electron chi connectivity index (χ2n) is 6.85. The first-order valence-electron chi connectivity index (χ1n) is 7.72. The van der Waals surface area contributed by atoms with Crippen molar-refractivity contribution >= 4 is 22.0 Å². The summed E-state index contributed by atoms with van der Waals surface area (Å²) in [7, 11) is 0. The maximum atomic E-state index is 13.8. The lowest BCUT2D eigenvalue weighted by Gasteiger charge is -2.25. The highest BCUT2D eigenvalue weighted by Crippen LogP contribution is 2.16. The number of alkyl carbamates (subject to hydrolysis) is 1. The molecule has 4 nitrogen and oxygen atoms in total. The summed E-state index contributed by atoms with van der Waals surface area (Å²) in [4.78, 5) is 11.7. The zero-order chi connectivity index (χ0) is 17.6. The van der Waals surface area contributed by atoms with E-state index in [4.69, 9.17) is 4.74 Å². The van der Waals surface area contributed by atoms with Gasteiger partial charge in [-0.15, -0.1) is 0 Å². The monoisotopic (exact) mass is 388 g/mol. The summed E-state index contributed by atoms with van der Waals surface area (Å²) in [6, 6.07) is 4.87. The van der Waals surface area contributed by atoms with Crippen LogP contribution in [0.5, 0.6) is 0 Å². The number of amides is 1. The molecule has 1 aromatic rings. The molecule has 0 aliphatic heterocycles. The van der Waals surface area contributed by atoms with Crippen molar-refractivity contribution < 1.29 is 13.9 Å². The van der Waals surface area contributed by atoms with Gasteiger partial charge < -0.3 is 15.4 Å². The smallest absolute Gasteiger partial charge is 0.407 e. The second kappa shape index (κ2) is 8.64. The molecule has 23 heavy (non-hydrogen) atoms. The van der Waals surface area contributed by atoms with E-state index in [-0.39, 0.29) is 17.8 Å². The van der Waals surface area contributed by atoms with Gasteiger partial charge in [0, 0.05) is 29.2 Å². The lowest BCUT2D eigenvalue weighted by Crippen LogP contribution is -2.45.